The predicted molar refractivity (Wildman–Crippen MR) is 111 cm³/mol. The molecule has 0 spiro atoms. The summed E-state index contributed by atoms with van der Waals surface area (Å²) in [6, 6.07) is 10.0. The molecule has 0 saturated heterocycles. The van der Waals surface area contributed by atoms with E-state index in [1.165, 1.54) is 16.9 Å². The number of hydrogen-bond acceptors (Lipinski definition) is 5. The average molecular weight is 398 g/mol. The van der Waals surface area contributed by atoms with E-state index in [0.29, 0.717) is 11.6 Å². The minimum Gasteiger partial charge on any atom is -0.312 e. The molecule has 2 amide bonds. The van der Waals surface area contributed by atoms with Crippen LogP contribution in [0.3, 0.4) is 0 Å². The first-order valence-electron chi connectivity index (χ1n) is 8.72. The highest BCUT2D eigenvalue weighted by atomic mass is 32.1. The van der Waals surface area contributed by atoms with Gasteiger partial charge in [-0.2, -0.15) is 0 Å². The fourth-order valence-corrected chi connectivity index (χ4v) is 4.88. The van der Waals surface area contributed by atoms with Crippen molar-refractivity contribution in [2.75, 3.05) is 16.8 Å². The minimum absolute atomic E-state index is 0.0520. The van der Waals surface area contributed by atoms with Gasteiger partial charge in [-0.25, -0.2) is 4.98 Å². The summed E-state index contributed by atoms with van der Waals surface area (Å²) in [6.45, 7) is 4.34. The van der Waals surface area contributed by atoms with Crippen LogP contribution in [0.5, 0.6) is 0 Å². The molecule has 1 N–H and O–H groups in total. The van der Waals surface area contributed by atoms with E-state index in [1.807, 2.05) is 41.5 Å². The summed E-state index contributed by atoms with van der Waals surface area (Å²) >= 11 is 3.06. The number of anilines is 2. The lowest BCUT2D eigenvalue weighted by Crippen LogP contribution is -2.25. The molecule has 1 aromatic carbocycles. The summed E-state index contributed by atoms with van der Waals surface area (Å²) in [7, 11) is 0. The number of nitrogens with zero attached hydrogens (tertiary/aromatic N) is 2. The van der Waals surface area contributed by atoms with Gasteiger partial charge < -0.3 is 10.2 Å². The van der Waals surface area contributed by atoms with Gasteiger partial charge in [-0.3, -0.25) is 9.59 Å². The number of rotatable bonds is 4. The van der Waals surface area contributed by atoms with E-state index in [4.69, 9.17) is 0 Å². The highest BCUT2D eigenvalue weighted by Gasteiger charge is 2.23. The number of aromatic nitrogens is 1. The van der Waals surface area contributed by atoms with Gasteiger partial charge in [-0.1, -0.05) is 12.1 Å². The predicted octanol–water partition coefficient (Wildman–Crippen LogP) is 4.27. The van der Waals surface area contributed by atoms with Crippen LogP contribution in [0, 0.1) is 6.92 Å². The van der Waals surface area contributed by atoms with Crippen LogP contribution in [-0.4, -0.2) is 23.3 Å². The number of benzene rings is 1. The van der Waals surface area contributed by atoms with Crippen molar-refractivity contribution < 1.29 is 9.59 Å². The number of carbonyl (C=O) groups excluding carboxylic acids is 2. The number of thiazole rings is 1. The van der Waals surface area contributed by atoms with Crippen LogP contribution in [0.1, 0.15) is 22.2 Å². The van der Waals surface area contributed by atoms with E-state index in [-0.39, 0.29) is 11.8 Å². The Morgan fingerprint density at radius 1 is 1.30 bits per heavy atom. The van der Waals surface area contributed by atoms with Crippen LogP contribution >= 0.6 is 22.7 Å². The summed E-state index contributed by atoms with van der Waals surface area (Å²) < 4.78 is 0. The maximum atomic E-state index is 12.2. The van der Waals surface area contributed by atoms with E-state index in [9.17, 15) is 9.59 Å². The molecule has 5 nitrogen and oxygen atoms in total. The molecule has 4 rings (SSSR count). The third-order valence-electron chi connectivity index (χ3n) is 4.59. The van der Waals surface area contributed by atoms with Crippen LogP contribution < -0.4 is 10.2 Å². The first-order chi connectivity index (χ1) is 13.0. The molecule has 0 aliphatic carbocycles. The van der Waals surface area contributed by atoms with Gasteiger partial charge in [0.25, 0.3) is 0 Å². The van der Waals surface area contributed by atoms with Crippen molar-refractivity contribution in [1.82, 2.24) is 4.98 Å². The van der Waals surface area contributed by atoms with Gasteiger partial charge in [0.2, 0.25) is 11.8 Å². The monoisotopic (exact) mass is 397 g/mol. The Bertz CT molecular complexity index is 1010. The Balaban J connectivity index is 1.53. The Labute approximate surface area is 165 Å². The molecule has 1 aliphatic rings. The van der Waals surface area contributed by atoms with E-state index in [2.05, 4.69) is 16.4 Å². The molecule has 7 heteroatoms. The van der Waals surface area contributed by atoms with Crippen molar-refractivity contribution in [1.29, 1.82) is 0 Å². The van der Waals surface area contributed by atoms with Gasteiger partial charge in [0.15, 0.2) is 5.13 Å². The van der Waals surface area contributed by atoms with Gasteiger partial charge in [0.05, 0.1) is 12.1 Å². The lowest BCUT2D eigenvalue weighted by Gasteiger charge is -2.14. The van der Waals surface area contributed by atoms with Gasteiger partial charge in [0, 0.05) is 34.5 Å². The Kier molecular flexibility index (Phi) is 4.80. The normalized spacial score (nSPS) is 12.9. The second-order valence-corrected chi connectivity index (χ2v) is 8.73. The molecule has 3 aromatic rings. The molecule has 0 bridgehead atoms. The van der Waals surface area contributed by atoms with E-state index < -0.39 is 0 Å². The zero-order valence-corrected chi connectivity index (χ0v) is 16.7. The number of aryl methyl sites for hydroxylation is 1. The van der Waals surface area contributed by atoms with Crippen molar-refractivity contribution in [2.45, 2.75) is 26.7 Å². The summed E-state index contributed by atoms with van der Waals surface area (Å²) in [4.78, 5) is 32.5. The molecule has 0 unspecified atom stereocenters. The first kappa shape index (κ1) is 17.9. The third-order valence-corrected chi connectivity index (χ3v) is 6.35. The molecule has 0 radical (unpaired) electrons. The number of hydrogen-bond donors (Lipinski definition) is 1. The van der Waals surface area contributed by atoms with Crippen LogP contribution in [0.15, 0.2) is 35.7 Å². The summed E-state index contributed by atoms with van der Waals surface area (Å²) in [5.74, 6) is 0.0193. The number of nitrogens with one attached hydrogen (secondary N) is 1. The maximum Gasteiger partial charge on any atom is 0.231 e. The lowest BCUT2D eigenvalue weighted by atomic mass is 10.1. The van der Waals surface area contributed by atoms with Crippen molar-refractivity contribution >= 4 is 45.3 Å². The molecule has 0 saturated carbocycles. The lowest BCUT2D eigenvalue weighted by molar-refractivity contribution is -0.116. The van der Waals surface area contributed by atoms with Crippen LogP contribution in [0.2, 0.25) is 0 Å². The van der Waals surface area contributed by atoms with Gasteiger partial charge in [0.1, 0.15) is 0 Å². The Morgan fingerprint density at radius 3 is 2.89 bits per heavy atom. The highest BCUT2D eigenvalue weighted by molar-refractivity contribution is 7.16. The van der Waals surface area contributed by atoms with Crippen LogP contribution in [0.4, 0.5) is 10.8 Å². The van der Waals surface area contributed by atoms with Crippen LogP contribution in [0.25, 0.3) is 11.3 Å². The standard InChI is InChI=1S/C20H19N3O2S2/c1-12-19(15-5-6-17-14(10-15)7-8-23(17)13(2)24)22-20(27-12)21-18(25)11-16-4-3-9-26-16/h3-6,9-10H,7-8,11H2,1-2H3,(H,21,22,25). The fourth-order valence-electron chi connectivity index (χ4n) is 3.33. The van der Waals surface area contributed by atoms with Crippen LogP contribution in [-0.2, 0) is 22.4 Å². The molecule has 2 aromatic heterocycles. The molecule has 0 fully saturated rings. The second kappa shape index (κ2) is 7.25. The molecular formula is C20H19N3O2S2. The highest BCUT2D eigenvalue weighted by Crippen LogP contribution is 2.35. The van der Waals surface area contributed by atoms with Crippen molar-refractivity contribution in [2.24, 2.45) is 0 Å². The maximum absolute atomic E-state index is 12.2. The molecule has 3 heterocycles. The molecule has 1 aliphatic heterocycles. The fraction of sp³-hybridized carbons (Fsp3) is 0.250. The topological polar surface area (TPSA) is 62.3 Å². The summed E-state index contributed by atoms with van der Waals surface area (Å²) in [5.41, 5.74) is 4.06. The molecular weight excluding hydrogens is 378 g/mol. The number of amides is 2. The zero-order chi connectivity index (χ0) is 19.0. The Hall–Kier alpha value is -2.51. The smallest absolute Gasteiger partial charge is 0.231 e. The summed E-state index contributed by atoms with van der Waals surface area (Å²) in [5, 5.41) is 5.50. The number of thiophene rings is 1. The van der Waals surface area contributed by atoms with Gasteiger partial charge in [-0.05, 0) is 42.5 Å². The first-order valence-corrected chi connectivity index (χ1v) is 10.4. The Morgan fingerprint density at radius 2 is 2.15 bits per heavy atom. The second-order valence-electron chi connectivity index (χ2n) is 6.49. The van der Waals surface area contributed by atoms with Crippen molar-refractivity contribution in [3.05, 3.63) is 51.0 Å². The van der Waals surface area contributed by atoms with E-state index >= 15 is 0 Å². The third kappa shape index (κ3) is 3.65. The summed E-state index contributed by atoms with van der Waals surface area (Å²) in [6.07, 6.45) is 1.22. The van der Waals surface area contributed by atoms with E-state index in [1.54, 1.807) is 18.3 Å². The molecule has 138 valence electrons. The van der Waals surface area contributed by atoms with Crippen molar-refractivity contribution in [3.63, 3.8) is 0 Å². The average Bonchev–Trinajstić information content (AvgIpc) is 3.34. The minimum atomic E-state index is -0.0520. The van der Waals surface area contributed by atoms with E-state index in [0.717, 1.165) is 39.7 Å². The molecule has 0 atom stereocenters. The largest absolute Gasteiger partial charge is 0.312 e. The number of fused-ring (bicyclic) bond motifs is 1. The molecule has 27 heavy (non-hydrogen) atoms. The SMILES string of the molecule is CC(=O)N1CCc2cc(-c3nc(NC(=O)Cc4cccs4)sc3C)ccc21. The zero-order valence-electron chi connectivity index (χ0n) is 15.1. The number of carbonyl (C=O) groups is 2. The quantitative estimate of drug-likeness (QED) is 0.715. The van der Waals surface area contributed by atoms with Gasteiger partial charge in [-0.15, -0.1) is 22.7 Å². The van der Waals surface area contributed by atoms with Gasteiger partial charge >= 0.3 is 0 Å². The van der Waals surface area contributed by atoms with Crippen molar-refractivity contribution in [3.8, 4) is 11.3 Å².